The second-order valence-electron chi connectivity index (χ2n) is 5.84. The molecule has 0 saturated heterocycles. The van der Waals surface area contributed by atoms with E-state index in [0.717, 1.165) is 12.8 Å². The van der Waals surface area contributed by atoms with Crippen LogP contribution >= 0.6 is 0 Å². The first-order valence-electron chi connectivity index (χ1n) is 8.27. The van der Waals surface area contributed by atoms with Gasteiger partial charge in [-0.25, -0.2) is 0 Å². The number of rotatable bonds is 12. The Morgan fingerprint density at radius 1 is 1.00 bits per heavy atom. The summed E-state index contributed by atoms with van der Waals surface area (Å²) >= 11 is 0. The number of nitrogens with zero attached hydrogens (tertiary/aromatic N) is 1. The average molecular weight is 288 g/mol. The molecule has 21 heavy (non-hydrogen) atoms. The maximum atomic E-state index is 11.5. The van der Waals surface area contributed by atoms with Gasteiger partial charge < -0.3 is 0 Å². The Morgan fingerprint density at radius 2 is 1.52 bits per heavy atom. The van der Waals surface area contributed by atoms with Crippen molar-refractivity contribution in [2.24, 2.45) is 5.92 Å². The van der Waals surface area contributed by atoms with E-state index in [-0.39, 0.29) is 17.7 Å². The normalized spacial score (nSPS) is 15.7. The van der Waals surface area contributed by atoms with Crippen LogP contribution in [0.3, 0.4) is 0 Å². The molecule has 1 heterocycles. The van der Waals surface area contributed by atoms with Crippen LogP contribution in [0.4, 0.5) is 0 Å². The first-order valence-corrected chi connectivity index (χ1v) is 8.27. The van der Waals surface area contributed by atoms with Crippen molar-refractivity contribution in [3.8, 4) is 0 Å². The molecule has 2 amide bonds. The molecular weight excluding hydrogens is 261 g/mol. The predicted octanol–water partition coefficient (Wildman–Crippen LogP) is 3.03. The first kappa shape index (κ1) is 17.9. The number of amides is 2. The summed E-state index contributed by atoms with van der Waals surface area (Å²) < 4.78 is 0. The molecule has 0 aromatic heterocycles. The first-order chi connectivity index (χ1) is 10.2. The molecule has 1 atom stereocenters. The number of carbonyl (C=O) groups is 2. The van der Waals surface area contributed by atoms with Crippen LogP contribution in [0.2, 0.25) is 0 Å². The molecule has 1 unspecified atom stereocenters. The fourth-order valence-corrected chi connectivity index (χ4v) is 2.63. The van der Waals surface area contributed by atoms with Crippen molar-refractivity contribution in [1.29, 1.82) is 0 Å². The van der Waals surface area contributed by atoms with Crippen LogP contribution in [0, 0.1) is 5.92 Å². The van der Waals surface area contributed by atoms with Crippen LogP contribution in [-0.2, 0) is 9.59 Å². The van der Waals surface area contributed by atoms with Gasteiger partial charge in [0.1, 0.15) is 0 Å². The quantitative estimate of drug-likeness (QED) is 0.314. The van der Waals surface area contributed by atoms with Gasteiger partial charge in [-0.05, 0) is 0 Å². The van der Waals surface area contributed by atoms with E-state index in [9.17, 15) is 9.59 Å². The standard InChI is InChI=1S/C17H27BNO2/c1-2-3-4-5-6-7-8-9-10-15(13-18)14-19-16(20)11-12-17(19)21/h11-13,15H,2-10,14H2,1H3. The summed E-state index contributed by atoms with van der Waals surface area (Å²) in [6, 6.07) is 0. The van der Waals surface area contributed by atoms with Gasteiger partial charge in [-0.3, -0.25) is 0 Å². The van der Waals surface area contributed by atoms with Crippen LogP contribution in [0.1, 0.15) is 64.7 Å². The van der Waals surface area contributed by atoms with Crippen LogP contribution in [0.15, 0.2) is 12.2 Å². The van der Waals surface area contributed by atoms with E-state index in [4.69, 9.17) is 7.49 Å². The van der Waals surface area contributed by atoms with Crippen molar-refractivity contribution in [2.75, 3.05) is 6.54 Å². The topological polar surface area (TPSA) is 37.4 Å². The van der Waals surface area contributed by atoms with Gasteiger partial charge in [-0.15, -0.1) is 0 Å². The zero-order chi connectivity index (χ0) is 15.5. The summed E-state index contributed by atoms with van der Waals surface area (Å²) in [6.07, 6.45) is 13.8. The monoisotopic (exact) mass is 288 g/mol. The third-order valence-electron chi connectivity index (χ3n) is 4.02. The molecule has 1 aliphatic rings. The van der Waals surface area contributed by atoms with E-state index >= 15 is 0 Å². The second-order valence-corrected chi connectivity index (χ2v) is 5.84. The Bertz CT molecular complexity index is 361. The zero-order valence-electron chi connectivity index (χ0n) is 13.2. The molecule has 1 radical (unpaired) electrons. The summed E-state index contributed by atoms with van der Waals surface area (Å²) in [6.45, 7) is 2.65. The summed E-state index contributed by atoms with van der Waals surface area (Å²) in [7, 11) is 5.64. The van der Waals surface area contributed by atoms with E-state index in [1.165, 1.54) is 62.0 Å². The van der Waals surface area contributed by atoms with Crippen LogP contribution < -0.4 is 0 Å². The molecule has 1 aliphatic heterocycles. The maximum absolute atomic E-state index is 11.5. The van der Waals surface area contributed by atoms with E-state index in [0.29, 0.717) is 6.54 Å². The van der Waals surface area contributed by atoms with E-state index in [1.807, 2.05) is 0 Å². The van der Waals surface area contributed by atoms with Gasteiger partial charge in [0.05, 0.1) is 0 Å². The molecule has 0 saturated carbocycles. The summed E-state index contributed by atoms with van der Waals surface area (Å²) in [5, 5.41) is 0. The minimum absolute atomic E-state index is 0.109. The van der Waals surface area contributed by atoms with Crippen molar-refractivity contribution in [2.45, 2.75) is 64.7 Å². The predicted molar refractivity (Wildman–Crippen MR) is 88.4 cm³/mol. The number of unbranched alkanes of at least 4 members (excludes halogenated alkanes) is 7. The molecule has 3 nitrogen and oxygen atoms in total. The SMILES string of the molecule is [B]=CC(CCCCCCCCCC)CN1C(=O)C=CC1=O. The van der Waals surface area contributed by atoms with E-state index < -0.39 is 0 Å². The fraction of sp³-hybridized carbons (Fsp3) is 0.706. The van der Waals surface area contributed by atoms with Crippen molar-refractivity contribution in [3.63, 3.8) is 0 Å². The van der Waals surface area contributed by atoms with Crippen molar-refractivity contribution in [1.82, 2.24) is 4.90 Å². The number of imide groups is 1. The van der Waals surface area contributed by atoms with Crippen molar-refractivity contribution >= 4 is 25.3 Å². The van der Waals surface area contributed by atoms with Gasteiger partial charge in [-0.1, -0.05) is 0 Å². The Labute approximate surface area is 129 Å². The summed E-state index contributed by atoms with van der Waals surface area (Å²) in [4.78, 5) is 24.3. The van der Waals surface area contributed by atoms with E-state index in [1.54, 1.807) is 5.97 Å². The van der Waals surface area contributed by atoms with Gasteiger partial charge in [0.15, 0.2) is 0 Å². The van der Waals surface area contributed by atoms with Crippen molar-refractivity contribution < 1.29 is 9.59 Å². The van der Waals surface area contributed by atoms with Crippen molar-refractivity contribution in [3.05, 3.63) is 12.2 Å². The number of hydrogen-bond donors (Lipinski definition) is 0. The fourth-order valence-electron chi connectivity index (χ4n) is 2.63. The third kappa shape index (κ3) is 6.88. The Hall–Kier alpha value is -1.19. The summed E-state index contributed by atoms with van der Waals surface area (Å²) in [5.74, 6) is 1.29. The zero-order valence-corrected chi connectivity index (χ0v) is 13.2. The van der Waals surface area contributed by atoms with Crippen LogP contribution in [-0.4, -0.2) is 36.7 Å². The van der Waals surface area contributed by atoms with Gasteiger partial charge in [0, 0.05) is 0 Å². The number of hydrogen-bond acceptors (Lipinski definition) is 2. The molecule has 0 bridgehead atoms. The Kier molecular flexibility index (Phi) is 8.96. The summed E-state index contributed by atoms with van der Waals surface area (Å²) in [5.41, 5.74) is 0. The van der Waals surface area contributed by atoms with Crippen LogP contribution in [0.25, 0.3) is 0 Å². The molecule has 0 aromatic rings. The minimum atomic E-state index is -0.220. The second kappa shape index (κ2) is 10.5. The van der Waals surface area contributed by atoms with Gasteiger partial charge in [0.25, 0.3) is 0 Å². The molecule has 0 N–H and O–H groups in total. The molecule has 1 rings (SSSR count). The van der Waals surface area contributed by atoms with Gasteiger partial charge in [0.2, 0.25) is 0 Å². The van der Waals surface area contributed by atoms with E-state index in [2.05, 4.69) is 6.92 Å². The molecule has 0 fully saturated rings. The average Bonchev–Trinajstić information content (AvgIpc) is 2.80. The molecular formula is C17H27BNO2. The van der Waals surface area contributed by atoms with Gasteiger partial charge in [-0.2, -0.15) is 0 Å². The molecule has 4 heteroatoms. The van der Waals surface area contributed by atoms with Gasteiger partial charge >= 0.3 is 129 Å². The third-order valence-corrected chi connectivity index (χ3v) is 4.02. The Balaban J connectivity index is 2.10. The molecule has 0 aliphatic carbocycles. The Morgan fingerprint density at radius 3 is 2.05 bits per heavy atom. The van der Waals surface area contributed by atoms with Crippen LogP contribution in [0.5, 0.6) is 0 Å². The molecule has 115 valence electrons. The number of carbonyl (C=O) groups excluding carboxylic acids is 2. The molecule has 0 aromatic carbocycles. The molecule has 0 spiro atoms.